The van der Waals surface area contributed by atoms with Crippen LogP contribution in [0.2, 0.25) is 0 Å². The van der Waals surface area contributed by atoms with E-state index in [9.17, 15) is 0 Å². The molecule has 38 heavy (non-hydrogen) atoms. The van der Waals surface area contributed by atoms with Gasteiger partial charge in [0.2, 0.25) is 0 Å². The second-order valence-corrected chi connectivity index (χ2v) is 16.1. The number of nitrogens with one attached hydrogen (secondary N) is 1. The fraction of sp³-hybridized carbons (Fsp3) is 0.294. The molecule has 196 valence electrons. The number of hydrogen-bond acceptors (Lipinski definition) is 3. The van der Waals surface area contributed by atoms with Crippen molar-refractivity contribution in [2.75, 3.05) is 19.5 Å². The molecule has 4 aromatic carbocycles. The van der Waals surface area contributed by atoms with Gasteiger partial charge in [0.1, 0.15) is 11.5 Å². The summed E-state index contributed by atoms with van der Waals surface area (Å²) in [5.74, 6) is 1.72. The summed E-state index contributed by atoms with van der Waals surface area (Å²) in [6.07, 6.45) is 0. The Hall–Kier alpha value is -3.50. The summed E-state index contributed by atoms with van der Waals surface area (Å²) in [6, 6.07) is 31.5. The van der Waals surface area contributed by atoms with Gasteiger partial charge in [0.15, 0.2) is 8.07 Å². The van der Waals surface area contributed by atoms with Gasteiger partial charge in [-0.2, -0.15) is 0 Å². The van der Waals surface area contributed by atoms with Crippen molar-refractivity contribution in [3.8, 4) is 11.5 Å². The maximum Gasteiger partial charge on any atom is 0.184 e. The van der Waals surface area contributed by atoms with Crippen LogP contribution in [0, 0.1) is 0 Å². The number of para-hydroxylation sites is 1. The van der Waals surface area contributed by atoms with Crippen LogP contribution in [0.25, 0.3) is 0 Å². The Morgan fingerprint density at radius 1 is 0.553 bits per heavy atom. The van der Waals surface area contributed by atoms with Gasteiger partial charge in [-0.15, -0.1) is 0 Å². The van der Waals surface area contributed by atoms with E-state index in [0.717, 1.165) is 22.9 Å². The summed E-state index contributed by atoms with van der Waals surface area (Å²) in [7, 11) is 0.718. The van der Waals surface area contributed by atoms with Gasteiger partial charge in [0.05, 0.1) is 14.2 Å². The zero-order chi connectivity index (χ0) is 27.3. The Labute approximate surface area is 228 Å². The molecule has 0 aliphatic carbocycles. The van der Waals surface area contributed by atoms with Gasteiger partial charge in [0.25, 0.3) is 0 Å². The zero-order valence-electron chi connectivity index (χ0n) is 23.9. The Kier molecular flexibility index (Phi) is 6.43. The summed E-state index contributed by atoms with van der Waals surface area (Å²) < 4.78 is 11.2. The molecule has 1 unspecified atom stereocenters. The highest BCUT2D eigenvalue weighted by molar-refractivity contribution is 7.21. The third kappa shape index (κ3) is 4.31. The highest BCUT2D eigenvalue weighted by Crippen LogP contribution is 2.32. The Bertz CT molecular complexity index is 1450. The number of benzene rings is 4. The van der Waals surface area contributed by atoms with E-state index in [2.05, 4.69) is 132 Å². The molecule has 0 saturated carbocycles. The van der Waals surface area contributed by atoms with E-state index >= 15 is 0 Å². The van der Waals surface area contributed by atoms with Crippen LogP contribution in [-0.2, 0) is 10.8 Å². The van der Waals surface area contributed by atoms with Crippen molar-refractivity contribution in [3.63, 3.8) is 0 Å². The van der Waals surface area contributed by atoms with Crippen LogP contribution in [0.5, 0.6) is 11.5 Å². The van der Waals surface area contributed by atoms with Gasteiger partial charge in [-0.25, -0.2) is 0 Å². The standard InChI is InChI=1S/C34H39NO2Si/c1-33(2,3)23-19-24(34(4,5)6)21-28(20-23)38(27-16-13-25(36-7)14-17-27)31-12-10-9-11-29(31)35-30-22-26(37-8)15-18-32(30)38/h9-22,35H,1-8H3. The van der Waals surface area contributed by atoms with E-state index in [4.69, 9.17) is 9.47 Å². The van der Waals surface area contributed by atoms with Crippen molar-refractivity contribution in [2.24, 2.45) is 0 Å². The second kappa shape index (κ2) is 9.35. The summed E-state index contributed by atoms with van der Waals surface area (Å²) in [4.78, 5) is 0. The number of rotatable bonds is 4. The summed E-state index contributed by atoms with van der Waals surface area (Å²) >= 11 is 0. The maximum atomic E-state index is 5.66. The smallest absolute Gasteiger partial charge is 0.184 e. The first-order valence-corrected chi connectivity index (χ1v) is 15.3. The fourth-order valence-electron chi connectivity index (χ4n) is 5.63. The normalized spacial score (nSPS) is 16.7. The molecule has 4 heteroatoms. The molecule has 4 aromatic rings. The van der Waals surface area contributed by atoms with Gasteiger partial charge in [0, 0.05) is 17.4 Å². The molecule has 0 saturated heterocycles. The minimum Gasteiger partial charge on any atom is -0.497 e. The molecule has 5 rings (SSSR count). The third-order valence-electron chi connectivity index (χ3n) is 7.85. The molecule has 1 atom stereocenters. The topological polar surface area (TPSA) is 30.5 Å². The molecular weight excluding hydrogens is 482 g/mol. The van der Waals surface area contributed by atoms with Crippen LogP contribution in [0.1, 0.15) is 52.7 Å². The molecule has 1 aliphatic heterocycles. The molecule has 1 N–H and O–H groups in total. The average Bonchev–Trinajstić information content (AvgIpc) is 2.90. The molecule has 1 aliphatic rings. The number of hydrogen-bond donors (Lipinski definition) is 1. The molecule has 1 heterocycles. The minimum atomic E-state index is -2.74. The van der Waals surface area contributed by atoms with Crippen LogP contribution in [0.3, 0.4) is 0 Å². The highest BCUT2D eigenvalue weighted by Gasteiger charge is 2.47. The molecule has 0 aromatic heterocycles. The van der Waals surface area contributed by atoms with Gasteiger partial charge in [-0.1, -0.05) is 96.1 Å². The first kappa shape index (κ1) is 26.1. The maximum absolute atomic E-state index is 5.66. The van der Waals surface area contributed by atoms with Crippen LogP contribution in [0.4, 0.5) is 11.4 Å². The van der Waals surface area contributed by atoms with Crippen LogP contribution in [-0.4, -0.2) is 22.3 Å². The van der Waals surface area contributed by atoms with Crippen molar-refractivity contribution in [1.82, 2.24) is 0 Å². The fourth-order valence-corrected chi connectivity index (χ4v) is 10.7. The van der Waals surface area contributed by atoms with E-state index in [1.807, 2.05) is 0 Å². The SMILES string of the molecule is COc1ccc([Si]2(c3cc(C(C)(C)C)cc(C(C)(C)C)c3)c3ccccc3Nc3cc(OC)ccc32)cc1. The number of anilines is 2. The molecule has 0 radical (unpaired) electrons. The van der Waals surface area contributed by atoms with Crippen LogP contribution < -0.4 is 35.5 Å². The molecule has 3 nitrogen and oxygen atoms in total. The lowest BCUT2D eigenvalue weighted by Gasteiger charge is -2.42. The predicted octanol–water partition coefficient (Wildman–Crippen LogP) is 5.73. The molecule has 0 bridgehead atoms. The summed E-state index contributed by atoms with van der Waals surface area (Å²) in [5, 5.41) is 9.20. The van der Waals surface area contributed by atoms with E-state index in [1.165, 1.54) is 31.9 Å². The molecule has 0 amide bonds. The van der Waals surface area contributed by atoms with Crippen molar-refractivity contribution >= 4 is 40.2 Å². The lowest BCUT2D eigenvalue weighted by Crippen LogP contribution is -2.76. The van der Waals surface area contributed by atoms with Crippen molar-refractivity contribution in [2.45, 2.75) is 52.4 Å². The van der Waals surface area contributed by atoms with Crippen molar-refractivity contribution in [3.05, 3.63) is 96.1 Å². The van der Waals surface area contributed by atoms with Crippen LogP contribution in [0.15, 0.2) is 84.9 Å². The quantitative estimate of drug-likeness (QED) is 0.306. The zero-order valence-corrected chi connectivity index (χ0v) is 24.9. The van der Waals surface area contributed by atoms with Gasteiger partial charge in [-0.3, -0.25) is 0 Å². The number of methoxy groups -OCH3 is 2. The van der Waals surface area contributed by atoms with E-state index in [1.54, 1.807) is 14.2 Å². The first-order chi connectivity index (χ1) is 18.0. The van der Waals surface area contributed by atoms with E-state index in [-0.39, 0.29) is 10.8 Å². The molecule has 0 spiro atoms. The predicted molar refractivity (Wildman–Crippen MR) is 164 cm³/mol. The van der Waals surface area contributed by atoms with Crippen molar-refractivity contribution < 1.29 is 9.47 Å². The number of fused-ring (bicyclic) bond motifs is 2. The third-order valence-corrected chi connectivity index (χ3v) is 12.7. The van der Waals surface area contributed by atoms with Crippen molar-refractivity contribution in [1.29, 1.82) is 0 Å². The largest absolute Gasteiger partial charge is 0.497 e. The average molecular weight is 522 g/mol. The lowest BCUT2D eigenvalue weighted by atomic mass is 9.81. The summed E-state index contributed by atoms with van der Waals surface area (Å²) in [6.45, 7) is 13.9. The highest BCUT2D eigenvalue weighted by atomic mass is 28.3. The van der Waals surface area contributed by atoms with Crippen LogP contribution >= 0.6 is 0 Å². The van der Waals surface area contributed by atoms with Gasteiger partial charge in [-0.05, 0) is 67.0 Å². The Balaban J connectivity index is 1.97. The summed E-state index contributed by atoms with van der Waals surface area (Å²) in [5.41, 5.74) is 5.04. The molecule has 0 fully saturated rings. The number of ether oxygens (including phenoxy) is 2. The van der Waals surface area contributed by atoms with E-state index in [0.29, 0.717) is 0 Å². The Morgan fingerprint density at radius 3 is 1.68 bits per heavy atom. The van der Waals surface area contributed by atoms with Gasteiger partial charge >= 0.3 is 0 Å². The lowest BCUT2D eigenvalue weighted by molar-refractivity contribution is 0.415. The first-order valence-electron chi connectivity index (χ1n) is 13.3. The van der Waals surface area contributed by atoms with E-state index < -0.39 is 8.07 Å². The minimum absolute atomic E-state index is 0.0146. The second-order valence-electron chi connectivity index (χ2n) is 12.4. The monoisotopic (exact) mass is 521 g/mol. The van der Waals surface area contributed by atoms with Gasteiger partial charge < -0.3 is 14.8 Å². The molecular formula is C34H39NO2Si. The Morgan fingerprint density at radius 2 is 1.11 bits per heavy atom.